The van der Waals surface area contributed by atoms with Crippen molar-refractivity contribution in [2.75, 3.05) is 5.32 Å². The summed E-state index contributed by atoms with van der Waals surface area (Å²) in [5.41, 5.74) is 1.07. The van der Waals surface area contributed by atoms with Crippen LogP contribution in [0.2, 0.25) is 0 Å². The second kappa shape index (κ2) is 5.15. The molecule has 1 atom stereocenters. The molecular weight excluding hydrogens is 196 g/mol. The normalized spacial score (nSPS) is 16.8. The van der Waals surface area contributed by atoms with Crippen molar-refractivity contribution in [3.05, 3.63) is 36.5 Å². The fourth-order valence-corrected chi connectivity index (χ4v) is 2.04. The highest BCUT2D eigenvalue weighted by Crippen LogP contribution is 2.36. The van der Waals surface area contributed by atoms with Gasteiger partial charge < -0.3 is 5.32 Å². The van der Waals surface area contributed by atoms with E-state index in [1.807, 2.05) is 19.1 Å². The summed E-state index contributed by atoms with van der Waals surface area (Å²) in [6.45, 7) is 5.82. The third-order valence-corrected chi connectivity index (χ3v) is 3.09. The first-order chi connectivity index (χ1) is 7.79. The molecule has 1 aromatic heterocycles. The van der Waals surface area contributed by atoms with Gasteiger partial charge in [0.05, 0.1) is 0 Å². The van der Waals surface area contributed by atoms with E-state index in [4.69, 9.17) is 0 Å². The van der Waals surface area contributed by atoms with Crippen LogP contribution in [0.5, 0.6) is 0 Å². The second-order valence-electron chi connectivity index (χ2n) is 4.62. The van der Waals surface area contributed by atoms with E-state index in [2.05, 4.69) is 29.0 Å². The van der Waals surface area contributed by atoms with Gasteiger partial charge in [0.2, 0.25) is 0 Å². The number of rotatable bonds is 6. The maximum Gasteiger partial charge on any atom is 0.126 e. The summed E-state index contributed by atoms with van der Waals surface area (Å²) < 4.78 is 0. The smallest absolute Gasteiger partial charge is 0.126 e. The number of nitrogens with one attached hydrogen (secondary N) is 1. The zero-order chi connectivity index (χ0) is 11.4. The molecule has 0 bridgehead atoms. The Labute approximate surface area is 97.8 Å². The lowest BCUT2D eigenvalue weighted by atomic mass is 10.1. The molecule has 1 N–H and O–H groups in total. The predicted octanol–water partition coefficient (Wildman–Crippen LogP) is 3.55. The van der Waals surface area contributed by atoms with Crippen LogP contribution in [0.1, 0.15) is 31.4 Å². The van der Waals surface area contributed by atoms with Gasteiger partial charge in [0.25, 0.3) is 0 Å². The van der Waals surface area contributed by atoms with Crippen LogP contribution in [0.15, 0.2) is 30.9 Å². The van der Waals surface area contributed by atoms with Crippen LogP contribution in [-0.4, -0.2) is 11.0 Å². The van der Waals surface area contributed by atoms with Crippen LogP contribution in [-0.2, 0) is 0 Å². The second-order valence-corrected chi connectivity index (χ2v) is 4.62. The van der Waals surface area contributed by atoms with Gasteiger partial charge in [-0.1, -0.05) is 12.1 Å². The van der Waals surface area contributed by atoms with Gasteiger partial charge in [-0.05, 0) is 50.7 Å². The van der Waals surface area contributed by atoms with E-state index >= 15 is 0 Å². The SMILES string of the molecule is C=CCCC(Nc1cccc(C)n1)C1CC1. The van der Waals surface area contributed by atoms with E-state index in [-0.39, 0.29) is 0 Å². The molecule has 1 aliphatic carbocycles. The molecule has 0 amide bonds. The Morgan fingerprint density at radius 2 is 2.38 bits per heavy atom. The number of aryl methyl sites for hydroxylation is 1. The van der Waals surface area contributed by atoms with Gasteiger partial charge >= 0.3 is 0 Å². The molecule has 0 spiro atoms. The molecule has 2 heteroatoms. The monoisotopic (exact) mass is 216 g/mol. The minimum Gasteiger partial charge on any atom is -0.367 e. The lowest BCUT2D eigenvalue weighted by Crippen LogP contribution is -2.22. The molecule has 86 valence electrons. The summed E-state index contributed by atoms with van der Waals surface area (Å²) in [6.07, 6.45) is 6.98. The highest BCUT2D eigenvalue weighted by Gasteiger charge is 2.30. The first-order valence-electron chi connectivity index (χ1n) is 6.10. The van der Waals surface area contributed by atoms with Crippen LogP contribution < -0.4 is 5.32 Å². The van der Waals surface area contributed by atoms with Crippen LogP contribution in [0.25, 0.3) is 0 Å². The van der Waals surface area contributed by atoms with E-state index in [0.717, 1.165) is 23.9 Å². The van der Waals surface area contributed by atoms with E-state index in [9.17, 15) is 0 Å². The van der Waals surface area contributed by atoms with Gasteiger partial charge in [-0.2, -0.15) is 0 Å². The summed E-state index contributed by atoms with van der Waals surface area (Å²) >= 11 is 0. The van der Waals surface area contributed by atoms with Gasteiger partial charge in [0.1, 0.15) is 5.82 Å². The molecule has 0 aliphatic heterocycles. The third kappa shape index (κ3) is 3.09. The first kappa shape index (κ1) is 11.2. The predicted molar refractivity (Wildman–Crippen MR) is 68.5 cm³/mol. The van der Waals surface area contributed by atoms with Crippen molar-refractivity contribution in [1.29, 1.82) is 0 Å². The summed E-state index contributed by atoms with van der Waals surface area (Å²) in [5.74, 6) is 1.86. The molecule has 1 fully saturated rings. The Bertz CT molecular complexity index is 356. The molecule has 16 heavy (non-hydrogen) atoms. The summed E-state index contributed by atoms with van der Waals surface area (Å²) in [4.78, 5) is 4.49. The molecule has 2 rings (SSSR count). The molecule has 1 aliphatic rings. The van der Waals surface area contributed by atoms with E-state index < -0.39 is 0 Å². The Balaban J connectivity index is 1.96. The van der Waals surface area contributed by atoms with Crippen molar-refractivity contribution >= 4 is 5.82 Å². The molecule has 0 saturated heterocycles. The third-order valence-electron chi connectivity index (χ3n) is 3.09. The lowest BCUT2D eigenvalue weighted by Gasteiger charge is -2.18. The Morgan fingerprint density at radius 1 is 1.56 bits per heavy atom. The zero-order valence-corrected chi connectivity index (χ0v) is 9.95. The standard InChI is InChI=1S/C14H20N2/c1-3-4-7-13(12-9-10-12)16-14-8-5-6-11(2)15-14/h3,5-6,8,12-13H,1,4,7,9-10H2,2H3,(H,15,16). The quantitative estimate of drug-likeness (QED) is 0.736. The zero-order valence-electron chi connectivity index (χ0n) is 9.95. The van der Waals surface area contributed by atoms with Gasteiger partial charge in [-0.3, -0.25) is 0 Å². The van der Waals surface area contributed by atoms with E-state index in [0.29, 0.717) is 6.04 Å². The van der Waals surface area contributed by atoms with Crippen LogP contribution >= 0.6 is 0 Å². The van der Waals surface area contributed by atoms with Gasteiger partial charge in [0, 0.05) is 11.7 Å². The largest absolute Gasteiger partial charge is 0.367 e. The van der Waals surface area contributed by atoms with Crippen LogP contribution in [0.3, 0.4) is 0 Å². The Hall–Kier alpha value is -1.31. The Kier molecular flexibility index (Phi) is 3.60. The fourth-order valence-electron chi connectivity index (χ4n) is 2.04. The molecule has 2 nitrogen and oxygen atoms in total. The number of hydrogen-bond donors (Lipinski definition) is 1. The van der Waals surface area contributed by atoms with Crippen LogP contribution in [0, 0.1) is 12.8 Å². The van der Waals surface area contributed by atoms with Gasteiger partial charge in [-0.25, -0.2) is 4.98 Å². The molecule has 1 saturated carbocycles. The van der Waals surface area contributed by atoms with Crippen molar-refractivity contribution in [3.63, 3.8) is 0 Å². The van der Waals surface area contributed by atoms with Crippen LogP contribution in [0.4, 0.5) is 5.82 Å². The summed E-state index contributed by atoms with van der Waals surface area (Å²) in [7, 11) is 0. The minimum atomic E-state index is 0.576. The lowest BCUT2D eigenvalue weighted by molar-refractivity contribution is 0.590. The van der Waals surface area contributed by atoms with Crippen molar-refractivity contribution in [3.8, 4) is 0 Å². The van der Waals surface area contributed by atoms with Gasteiger partial charge in [-0.15, -0.1) is 6.58 Å². The van der Waals surface area contributed by atoms with Crippen molar-refractivity contribution in [1.82, 2.24) is 4.98 Å². The maximum atomic E-state index is 4.49. The first-order valence-corrected chi connectivity index (χ1v) is 6.10. The fraction of sp³-hybridized carbons (Fsp3) is 0.500. The Morgan fingerprint density at radius 3 is 3.00 bits per heavy atom. The molecule has 0 aromatic carbocycles. The molecular formula is C14H20N2. The van der Waals surface area contributed by atoms with Crippen molar-refractivity contribution in [2.45, 2.75) is 38.6 Å². The summed E-state index contributed by atoms with van der Waals surface area (Å²) in [6, 6.07) is 6.71. The highest BCUT2D eigenvalue weighted by molar-refractivity contribution is 5.36. The number of hydrogen-bond acceptors (Lipinski definition) is 2. The maximum absolute atomic E-state index is 4.49. The molecule has 1 aromatic rings. The average molecular weight is 216 g/mol. The molecule has 0 radical (unpaired) electrons. The van der Waals surface area contributed by atoms with E-state index in [1.165, 1.54) is 19.3 Å². The molecule has 1 unspecified atom stereocenters. The number of anilines is 1. The number of allylic oxidation sites excluding steroid dienone is 1. The highest BCUT2D eigenvalue weighted by atomic mass is 15.0. The van der Waals surface area contributed by atoms with E-state index in [1.54, 1.807) is 0 Å². The van der Waals surface area contributed by atoms with Crippen molar-refractivity contribution in [2.24, 2.45) is 5.92 Å². The number of pyridine rings is 1. The number of nitrogens with zero attached hydrogens (tertiary/aromatic N) is 1. The topological polar surface area (TPSA) is 24.9 Å². The minimum absolute atomic E-state index is 0.576. The number of aromatic nitrogens is 1. The summed E-state index contributed by atoms with van der Waals surface area (Å²) in [5, 5.41) is 3.56. The average Bonchev–Trinajstić information content (AvgIpc) is 3.08. The van der Waals surface area contributed by atoms with Gasteiger partial charge in [0.15, 0.2) is 0 Å². The molecule has 1 heterocycles. The van der Waals surface area contributed by atoms with Crippen molar-refractivity contribution < 1.29 is 0 Å².